The summed E-state index contributed by atoms with van der Waals surface area (Å²) in [5, 5.41) is 42.1. The number of Topliss-reactive ketones (excluding diaryl/α,β-unsaturated/α-hetero) is 1. The largest absolute Gasteiger partial charge is 0.507 e. The number of aliphatic hydroxyl groups is 2. The number of nitro benzene ring substituents is 2. The van der Waals surface area contributed by atoms with E-state index in [1.165, 1.54) is 42.5 Å². The minimum absolute atomic E-state index is 0.000911. The van der Waals surface area contributed by atoms with Gasteiger partial charge in [0.1, 0.15) is 5.76 Å². The molecule has 1 amide bonds. The lowest BCUT2D eigenvalue weighted by Crippen LogP contribution is -2.33. The average molecular weight is 457 g/mol. The number of rotatable bonds is 9. The van der Waals surface area contributed by atoms with Gasteiger partial charge in [0.05, 0.1) is 41.3 Å². The Morgan fingerprint density at radius 3 is 2.27 bits per heavy atom. The van der Waals surface area contributed by atoms with Gasteiger partial charge in [0, 0.05) is 36.4 Å². The number of ketones is 1. The number of nitro groups is 2. The van der Waals surface area contributed by atoms with Gasteiger partial charge in [-0.3, -0.25) is 29.8 Å². The van der Waals surface area contributed by atoms with Gasteiger partial charge in [-0.1, -0.05) is 24.3 Å². The Hall–Kier alpha value is -4.16. The predicted molar refractivity (Wildman–Crippen MR) is 113 cm³/mol. The van der Waals surface area contributed by atoms with Gasteiger partial charge in [0.2, 0.25) is 0 Å². The molecule has 0 saturated carbocycles. The molecule has 0 unspecified atom stereocenters. The zero-order chi connectivity index (χ0) is 24.1. The van der Waals surface area contributed by atoms with Crippen LogP contribution in [0.1, 0.15) is 17.2 Å². The fraction of sp³-hybridized carbons (Fsp3) is 0.238. The summed E-state index contributed by atoms with van der Waals surface area (Å²) in [6, 6.07) is 8.97. The van der Waals surface area contributed by atoms with Crippen LogP contribution in [0.4, 0.5) is 11.4 Å². The van der Waals surface area contributed by atoms with Crippen LogP contribution in [0.2, 0.25) is 0 Å². The van der Waals surface area contributed by atoms with Crippen molar-refractivity contribution in [3.05, 3.63) is 85.5 Å². The third kappa shape index (κ3) is 4.86. The highest BCUT2D eigenvalue weighted by molar-refractivity contribution is 6.46. The van der Waals surface area contributed by atoms with E-state index in [1.54, 1.807) is 0 Å². The van der Waals surface area contributed by atoms with E-state index < -0.39 is 33.3 Å². The number of hydrogen-bond acceptors (Lipinski definition) is 9. The lowest BCUT2D eigenvalue weighted by atomic mass is 9.95. The molecule has 0 spiro atoms. The molecule has 12 heteroatoms. The second kappa shape index (κ2) is 9.97. The summed E-state index contributed by atoms with van der Waals surface area (Å²) in [6.45, 7) is -0.404. The van der Waals surface area contributed by atoms with Crippen molar-refractivity contribution in [3.8, 4) is 0 Å². The smallest absolute Gasteiger partial charge is 0.295 e. The molecular weight excluding hydrogens is 438 g/mol. The first-order chi connectivity index (χ1) is 15.8. The Labute approximate surface area is 186 Å². The van der Waals surface area contributed by atoms with Gasteiger partial charge in [0.15, 0.2) is 0 Å². The normalized spacial score (nSPS) is 17.4. The van der Waals surface area contributed by atoms with Crippen molar-refractivity contribution >= 4 is 28.8 Å². The van der Waals surface area contributed by atoms with Crippen LogP contribution < -0.4 is 0 Å². The van der Waals surface area contributed by atoms with Crippen LogP contribution in [0.15, 0.2) is 54.1 Å². The maximum atomic E-state index is 12.9. The molecular formula is C21H19N3O9. The number of ether oxygens (including phenoxy) is 1. The molecule has 1 aliphatic heterocycles. The summed E-state index contributed by atoms with van der Waals surface area (Å²) in [5.74, 6) is -2.66. The molecule has 33 heavy (non-hydrogen) atoms. The van der Waals surface area contributed by atoms with Gasteiger partial charge in [-0.2, -0.15) is 0 Å². The van der Waals surface area contributed by atoms with E-state index in [0.717, 1.165) is 11.0 Å². The number of non-ortho nitro benzene ring substituents is 2. The monoisotopic (exact) mass is 457 g/mol. The minimum atomic E-state index is -1.19. The van der Waals surface area contributed by atoms with Gasteiger partial charge in [-0.15, -0.1) is 0 Å². The quantitative estimate of drug-likeness (QED) is 0.142. The molecule has 0 radical (unpaired) electrons. The van der Waals surface area contributed by atoms with Crippen LogP contribution in [-0.4, -0.2) is 63.0 Å². The second-order valence-corrected chi connectivity index (χ2v) is 6.99. The summed E-state index contributed by atoms with van der Waals surface area (Å²) in [4.78, 5) is 47.8. The maximum absolute atomic E-state index is 12.9. The van der Waals surface area contributed by atoms with Crippen molar-refractivity contribution in [1.29, 1.82) is 0 Å². The van der Waals surface area contributed by atoms with Gasteiger partial charge in [-0.05, 0) is 5.56 Å². The van der Waals surface area contributed by atoms with Crippen molar-refractivity contribution in [2.45, 2.75) is 6.04 Å². The SMILES string of the molecule is O=C1C(=O)N(CCOCCO)[C@H](c2cccc([N+](=O)[O-])c2)/C1=C(\O)c1cccc([N+](=O)[O-])c1. The molecule has 1 aliphatic rings. The summed E-state index contributed by atoms with van der Waals surface area (Å²) in [7, 11) is 0. The molecule has 0 aromatic heterocycles. The molecule has 2 aromatic carbocycles. The molecule has 3 rings (SSSR count). The Morgan fingerprint density at radius 2 is 1.64 bits per heavy atom. The molecule has 1 saturated heterocycles. The third-order valence-corrected chi connectivity index (χ3v) is 4.98. The van der Waals surface area contributed by atoms with Crippen molar-refractivity contribution in [3.63, 3.8) is 0 Å². The standard InChI is InChI=1S/C21H19N3O9/c25-8-10-33-9-7-22-18(13-3-1-5-15(11-13)23(29)30)17(20(27)21(22)28)19(26)14-4-2-6-16(12-14)24(31)32/h1-6,11-12,18,25-26H,7-10H2/b19-17+/t18-/m1/s1. The number of hydrogen-bond donors (Lipinski definition) is 2. The molecule has 1 fully saturated rings. The molecule has 1 heterocycles. The van der Waals surface area contributed by atoms with Crippen LogP contribution in [-0.2, 0) is 14.3 Å². The fourth-order valence-electron chi connectivity index (χ4n) is 3.52. The van der Waals surface area contributed by atoms with E-state index in [0.29, 0.717) is 0 Å². The van der Waals surface area contributed by atoms with Crippen LogP contribution >= 0.6 is 0 Å². The summed E-state index contributed by atoms with van der Waals surface area (Å²) in [6.07, 6.45) is 0. The average Bonchev–Trinajstić information content (AvgIpc) is 3.06. The van der Waals surface area contributed by atoms with Crippen molar-refractivity contribution in [1.82, 2.24) is 4.90 Å². The van der Waals surface area contributed by atoms with E-state index in [2.05, 4.69) is 0 Å². The predicted octanol–water partition coefficient (Wildman–Crippen LogP) is 1.93. The van der Waals surface area contributed by atoms with Crippen molar-refractivity contribution < 1.29 is 34.4 Å². The molecule has 2 N–H and O–H groups in total. The second-order valence-electron chi connectivity index (χ2n) is 6.99. The van der Waals surface area contributed by atoms with Gasteiger partial charge >= 0.3 is 0 Å². The lowest BCUT2D eigenvalue weighted by Gasteiger charge is -2.25. The van der Waals surface area contributed by atoms with E-state index in [1.807, 2.05) is 0 Å². The van der Waals surface area contributed by atoms with E-state index in [4.69, 9.17) is 9.84 Å². The highest BCUT2D eigenvalue weighted by Crippen LogP contribution is 2.40. The number of carbonyl (C=O) groups is 2. The number of aliphatic hydroxyl groups excluding tert-OH is 2. The van der Waals surface area contributed by atoms with E-state index in [9.17, 15) is 34.9 Å². The fourth-order valence-corrected chi connectivity index (χ4v) is 3.52. The van der Waals surface area contributed by atoms with Crippen molar-refractivity contribution in [2.75, 3.05) is 26.4 Å². The highest BCUT2D eigenvalue weighted by atomic mass is 16.6. The molecule has 172 valence electrons. The zero-order valence-corrected chi connectivity index (χ0v) is 17.1. The zero-order valence-electron chi connectivity index (χ0n) is 17.1. The minimum Gasteiger partial charge on any atom is -0.507 e. The van der Waals surface area contributed by atoms with Gasteiger partial charge < -0.3 is 19.8 Å². The number of carbonyl (C=O) groups excluding carboxylic acids is 2. The first-order valence-corrected chi connectivity index (χ1v) is 9.72. The highest BCUT2D eigenvalue weighted by Gasteiger charge is 2.46. The van der Waals surface area contributed by atoms with Crippen LogP contribution in [0.5, 0.6) is 0 Å². The third-order valence-electron chi connectivity index (χ3n) is 4.98. The first-order valence-electron chi connectivity index (χ1n) is 9.72. The van der Waals surface area contributed by atoms with Crippen LogP contribution in [0, 0.1) is 20.2 Å². The maximum Gasteiger partial charge on any atom is 0.295 e. The van der Waals surface area contributed by atoms with Crippen LogP contribution in [0.3, 0.4) is 0 Å². The Balaban J connectivity index is 2.14. The Bertz CT molecular complexity index is 1150. The number of likely N-dealkylation sites (tertiary alicyclic amines) is 1. The number of nitrogens with zero attached hydrogens (tertiary/aromatic N) is 3. The van der Waals surface area contributed by atoms with Crippen molar-refractivity contribution in [2.24, 2.45) is 0 Å². The molecule has 1 atom stereocenters. The topological polar surface area (TPSA) is 173 Å². The Morgan fingerprint density at radius 1 is 1.00 bits per heavy atom. The molecule has 2 aromatic rings. The van der Waals surface area contributed by atoms with E-state index in [-0.39, 0.29) is 54.4 Å². The summed E-state index contributed by atoms with van der Waals surface area (Å²) < 4.78 is 5.18. The van der Waals surface area contributed by atoms with Crippen LogP contribution in [0.25, 0.3) is 5.76 Å². The summed E-state index contributed by atoms with van der Waals surface area (Å²) >= 11 is 0. The van der Waals surface area contributed by atoms with Gasteiger partial charge in [-0.25, -0.2) is 0 Å². The lowest BCUT2D eigenvalue weighted by molar-refractivity contribution is -0.385. The van der Waals surface area contributed by atoms with E-state index >= 15 is 0 Å². The number of amides is 1. The number of benzene rings is 2. The summed E-state index contributed by atoms with van der Waals surface area (Å²) in [5.41, 5.74) is -0.850. The molecule has 0 aliphatic carbocycles. The molecule has 0 bridgehead atoms. The first kappa shape index (κ1) is 23.5. The van der Waals surface area contributed by atoms with Gasteiger partial charge in [0.25, 0.3) is 23.1 Å². The Kier molecular flexibility index (Phi) is 7.10. The molecule has 12 nitrogen and oxygen atoms in total.